The Morgan fingerprint density at radius 3 is 0.0571 bits per heavy atom. The van der Waals surface area contributed by atoms with E-state index in [2.05, 4.69) is 0 Å². The zero-order valence-corrected chi connectivity index (χ0v) is 117. The molecule has 0 N–H and O–H groups in total. The van der Waals surface area contributed by atoms with E-state index in [9.17, 15) is 0 Å². The van der Waals surface area contributed by atoms with Crippen molar-refractivity contribution in [3.8, 4) is 0 Å². The maximum Gasteiger partial charge on any atom is 0 e. The summed E-state index contributed by atoms with van der Waals surface area (Å²) < 4.78 is 0. The first-order valence-electron chi connectivity index (χ1n) is 0. The number of rotatable bonds is 0. The van der Waals surface area contributed by atoms with Crippen LogP contribution >= 0.6 is 0 Å². The van der Waals surface area contributed by atoms with Gasteiger partial charge in [-0.1, -0.05) is 0 Å². The average molecular weight is 3040 g/mol. The van der Waals surface area contributed by atoms with Crippen molar-refractivity contribution in [3.05, 3.63) is 7.43 Å². The molecule has 0 saturated carbocycles. The van der Waals surface area contributed by atoms with E-state index < -0.39 is 0 Å². The molecule has 0 fully saturated rings. The Bertz CT molecular complexity index is 6.55. The first-order chi connectivity index (χ1) is 0. The van der Waals surface area contributed by atoms with Gasteiger partial charge in [0, 0.05) is 1110 Å². The zero-order valence-electron chi connectivity index (χ0n) is 20.6. The van der Waals surface area contributed by atoms with Crippen molar-refractivity contribution in [2.75, 3.05) is 0 Å². The van der Waals surface area contributed by atoms with Crippen LogP contribution in [0.3, 0.4) is 0 Å². The van der Waals surface area contributed by atoms with Gasteiger partial charge >= 0.3 is 0 Å². The monoisotopic (exact) mass is 3040 g/mol. The van der Waals surface area contributed by atoms with Gasteiger partial charge in [0.25, 0.3) is 0 Å². The molecule has 0 saturated heterocycles. The molecule has 0 nitrogen and oxygen atoms in total. The van der Waals surface area contributed by atoms with Gasteiger partial charge in [-0.2, -0.15) is 0 Å². The fourth-order valence-electron chi connectivity index (χ4n) is 0. The number of hydrogen-bond acceptors (Lipinski definition) is 0. The van der Waals surface area contributed by atoms with Gasteiger partial charge in [0.15, 0.2) is 0 Å². The summed E-state index contributed by atoms with van der Waals surface area (Å²) in [6.45, 7) is 0. The van der Waals surface area contributed by atoms with Gasteiger partial charge in [-0.3, -0.25) is 0 Å². The topological polar surface area (TPSA) is 0 Å². The van der Waals surface area contributed by atoms with Gasteiger partial charge in [0.05, 0.1) is 0 Å². The van der Waals surface area contributed by atoms with Gasteiger partial charge in [-0.15, -0.1) is 0 Å². The van der Waals surface area contributed by atoms with Crippen LogP contribution in [0.1, 0.15) is 0 Å². The average Bonchev–Trinajstić information content (AvgIpc) is 0. The van der Waals surface area contributed by atoms with Gasteiger partial charge in [-0.05, 0) is 0 Å². The molecule has 0 bridgehead atoms. The molecule has 34 radical (unpaired) electrons. The molecular weight excluding hydrogens is 3030 g/mol. The molecule has 0 spiro atoms. The summed E-state index contributed by atoms with van der Waals surface area (Å²) in [7, 11) is 0. The normalized spacial score (nSPS) is 0. The Morgan fingerprint density at radius 2 is 0.0571 bits per heavy atom. The van der Waals surface area contributed by atoms with Crippen molar-refractivity contribution in [2.24, 2.45) is 0 Å². The second-order valence-corrected chi connectivity index (χ2v) is 0. The van der Waals surface area contributed by atoms with Crippen LogP contribution in [0.2, 0.25) is 0 Å². The van der Waals surface area contributed by atoms with Crippen LogP contribution in [0.25, 0.3) is 0 Å². The largest absolute Gasteiger partial charge is 0.358 e. The summed E-state index contributed by atoms with van der Waals surface area (Å²) in [5, 5.41) is 0. The summed E-state index contributed by atoms with van der Waals surface area (Å²) in [6.07, 6.45) is 0. The molecule has 0 aromatic rings. The van der Waals surface area contributed by atoms with Crippen LogP contribution in [-0.4, -0.2) is 0 Å². The minimum absolute atomic E-state index is 0. The Hall–Kier alpha value is 37.5. The molecule has 34 heteroatoms. The van der Waals surface area contributed by atoms with E-state index in [4.69, 9.17) is 0 Å². The molecule has 0 amide bonds. The second kappa shape index (κ2) is 253. The maximum atomic E-state index is 0. The van der Waals surface area contributed by atoms with E-state index in [1.165, 1.54) is 0 Å². The fourth-order valence-corrected chi connectivity index (χ4v) is 0. The first-order valence-corrected chi connectivity index (χ1v) is 0. The van der Waals surface area contributed by atoms with Gasteiger partial charge in [-0.25, -0.2) is 0 Å². The quantitative estimate of drug-likeness (QED) is 0.308. The fraction of sp³-hybridized carbons (Fsp3) is 0. The van der Waals surface area contributed by atoms with Gasteiger partial charge in [0.1, 0.15) is 0 Å². The molecule has 0 heterocycles. The van der Waals surface area contributed by atoms with Crippen molar-refractivity contribution >= 4 is 0 Å². The third-order valence-corrected chi connectivity index (χ3v) is 0. The van der Waals surface area contributed by atoms with Gasteiger partial charge < -0.3 is 7.43 Å². The standard InChI is InChI=1S/CH3.34Y/h1H3;;;;;;;;;;;;;;;;;;;;;;;;;;;;;;;;;;/q-1;;;;;;;;;;;;;;;;;;;;;;;;;;;;;;;;;;. The van der Waals surface area contributed by atoms with E-state index in [0.29, 0.717) is 0 Å². The predicted molar refractivity (Wildman–Crippen MR) is 6.41 cm³/mol. The van der Waals surface area contributed by atoms with Crippen LogP contribution in [0, 0.1) is 7.43 Å². The van der Waals surface area contributed by atoms with E-state index in [1.54, 1.807) is 0 Å². The first kappa shape index (κ1) is 263. The van der Waals surface area contributed by atoms with Crippen molar-refractivity contribution in [3.63, 3.8) is 0 Å². The molecule has 110 valence electrons. The molecule has 0 aliphatic heterocycles. The molecule has 0 unspecified atom stereocenters. The van der Waals surface area contributed by atoms with Crippen LogP contribution in [-0.2, 0) is 1110 Å². The van der Waals surface area contributed by atoms with E-state index in [1.807, 2.05) is 0 Å². The van der Waals surface area contributed by atoms with Crippen molar-refractivity contribution in [1.82, 2.24) is 0 Å². The molecule has 35 heavy (non-hydrogen) atoms. The number of hydrogen-bond donors (Lipinski definition) is 0. The van der Waals surface area contributed by atoms with Crippen molar-refractivity contribution in [2.45, 2.75) is 0 Å². The molecule has 0 atom stereocenters. The van der Waals surface area contributed by atoms with Crippen molar-refractivity contribution in [1.29, 1.82) is 0 Å². The summed E-state index contributed by atoms with van der Waals surface area (Å²) in [4.78, 5) is 0. The molecule has 0 aromatic carbocycles. The molecule has 0 rings (SSSR count). The Labute approximate surface area is 1080 Å². The minimum Gasteiger partial charge on any atom is -0.358 e. The molecular formula is CH3Y34-. The summed E-state index contributed by atoms with van der Waals surface area (Å²) >= 11 is 0. The van der Waals surface area contributed by atoms with Crippen LogP contribution in [0.15, 0.2) is 0 Å². The second-order valence-electron chi connectivity index (χ2n) is 0. The smallest absolute Gasteiger partial charge is 0 e. The predicted octanol–water partition coefficient (Wildman–Crippen LogP) is 0.365. The van der Waals surface area contributed by atoms with E-state index in [0.717, 1.165) is 0 Å². The summed E-state index contributed by atoms with van der Waals surface area (Å²) in [5.74, 6) is 0. The Morgan fingerprint density at radius 1 is 0.0571 bits per heavy atom. The van der Waals surface area contributed by atoms with E-state index in [-0.39, 0.29) is 1120 Å². The van der Waals surface area contributed by atoms with Crippen LogP contribution < -0.4 is 0 Å². The Kier molecular flexibility index (Phi) is 1900. The zero-order chi connectivity index (χ0) is 0. The van der Waals surface area contributed by atoms with Crippen molar-refractivity contribution < 1.29 is 1110 Å². The van der Waals surface area contributed by atoms with Gasteiger partial charge in [0.2, 0.25) is 0 Å². The van der Waals surface area contributed by atoms with E-state index >= 15 is 0 Å². The third kappa shape index (κ3) is 246. The third-order valence-electron chi connectivity index (χ3n) is 0. The Balaban J connectivity index is 0. The summed E-state index contributed by atoms with van der Waals surface area (Å²) in [6, 6.07) is 0. The van der Waals surface area contributed by atoms with Crippen LogP contribution in [0.4, 0.5) is 0 Å². The summed E-state index contributed by atoms with van der Waals surface area (Å²) in [5.41, 5.74) is 0. The molecule has 0 aliphatic rings. The SMILES string of the molecule is [CH3-].[Y].[Y].[Y].[Y].[Y].[Y].[Y].[Y].[Y].[Y].[Y].[Y].[Y].[Y].[Y].[Y].[Y].[Y].[Y].[Y].[Y].[Y].[Y].[Y].[Y].[Y].[Y].[Y].[Y].[Y].[Y].[Y].[Y].[Y]. The minimum atomic E-state index is 0. The molecule has 0 aliphatic carbocycles. The molecule has 0 aromatic heterocycles. The van der Waals surface area contributed by atoms with Crippen LogP contribution in [0.5, 0.6) is 0 Å². The maximum absolute atomic E-state index is 0.